The van der Waals surface area contributed by atoms with Crippen molar-refractivity contribution < 1.29 is 42.2 Å². The number of ether oxygens (including phenoxy) is 2. The van der Waals surface area contributed by atoms with Gasteiger partial charge in [-0.25, -0.2) is 13.4 Å². The predicted molar refractivity (Wildman–Crippen MR) is 195 cm³/mol. The maximum absolute atomic E-state index is 14.3. The van der Waals surface area contributed by atoms with Crippen LogP contribution in [0.1, 0.15) is 64.2 Å². The number of hydrogen-bond donors (Lipinski definition) is 3. The van der Waals surface area contributed by atoms with Gasteiger partial charge in [-0.2, -0.15) is 0 Å². The fourth-order valence-electron chi connectivity index (χ4n) is 7.53. The van der Waals surface area contributed by atoms with E-state index in [0.717, 1.165) is 18.4 Å². The van der Waals surface area contributed by atoms with Gasteiger partial charge in [0.05, 0.1) is 36.5 Å². The van der Waals surface area contributed by atoms with Crippen molar-refractivity contribution >= 4 is 44.6 Å². The Hall–Kier alpha value is -4.98. The average Bonchev–Trinajstić information content (AvgIpc) is 4.07. The summed E-state index contributed by atoms with van der Waals surface area (Å²) in [7, 11) is -2.33. The first kappa shape index (κ1) is 36.4. The lowest BCUT2D eigenvalue weighted by atomic mass is 9.95. The van der Waals surface area contributed by atoms with E-state index >= 15 is 0 Å². The summed E-state index contributed by atoms with van der Waals surface area (Å²) in [6.07, 6.45) is 7.13. The molecule has 2 aliphatic heterocycles. The minimum Gasteiger partial charge on any atom is -0.497 e. The zero-order valence-electron chi connectivity index (χ0n) is 29.5. The van der Waals surface area contributed by atoms with Crippen molar-refractivity contribution in [3.63, 3.8) is 0 Å². The van der Waals surface area contributed by atoms with Gasteiger partial charge >= 0.3 is 5.97 Å². The zero-order valence-corrected chi connectivity index (χ0v) is 30.3. The first-order valence-electron chi connectivity index (χ1n) is 18.3. The van der Waals surface area contributed by atoms with E-state index in [4.69, 9.17) is 14.5 Å². The SMILES string of the molecule is COc1ccc2c(O[C@@H]3C[C@H]4C(=O)N[C@]5(C(=O)NS(=O)(=O)C6CC6)C[C@@H]5/C=C\CCCCC[C@@H](CC(=O)O)C(=O)N4C3)cc(-c3ccccc3)nc2c1. The van der Waals surface area contributed by atoms with E-state index < -0.39 is 68.5 Å². The number of hydrogen-bond acceptors (Lipinski definition) is 9. The monoisotopic (exact) mass is 744 g/mol. The molecule has 2 aliphatic carbocycles. The van der Waals surface area contributed by atoms with E-state index in [1.54, 1.807) is 19.2 Å². The maximum Gasteiger partial charge on any atom is 0.304 e. The van der Waals surface area contributed by atoms with Gasteiger partial charge in [0, 0.05) is 41.3 Å². The molecule has 3 N–H and O–H groups in total. The third-order valence-electron chi connectivity index (χ3n) is 10.7. The largest absolute Gasteiger partial charge is 0.497 e. The van der Waals surface area contributed by atoms with Crippen LogP contribution in [-0.4, -0.2) is 83.7 Å². The minimum absolute atomic E-state index is 0.00767. The van der Waals surface area contributed by atoms with Gasteiger partial charge in [-0.05, 0) is 50.7 Å². The fourth-order valence-corrected chi connectivity index (χ4v) is 8.89. The van der Waals surface area contributed by atoms with Gasteiger partial charge in [0.2, 0.25) is 21.8 Å². The Morgan fingerprint density at radius 1 is 1.06 bits per heavy atom. The molecule has 1 aromatic heterocycles. The third kappa shape index (κ3) is 7.87. The number of aliphatic carboxylic acids is 1. The van der Waals surface area contributed by atoms with Crippen LogP contribution in [0.5, 0.6) is 11.5 Å². The highest BCUT2D eigenvalue weighted by Gasteiger charge is 2.62. The molecule has 13 nitrogen and oxygen atoms in total. The van der Waals surface area contributed by atoms with Crippen LogP contribution in [0.4, 0.5) is 0 Å². The van der Waals surface area contributed by atoms with Crippen LogP contribution in [0.2, 0.25) is 0 Å². The summed E-state index contributed by atoms with van der Waals surface area (Å²) in [6, 6.07) is 15.7. The summed E-state index contributed by atoms with van der Waals surface area (Å²) in [5, 5.41) is 12.7. The number of methoxy groups -OCH3 is 1. The number of sulfonamides is 1. The number of rotatable bonds is 9. The summed E-state index contributed by atoms with van der Waals surface area (Å²) >= 11 is 0. The second-order valence-corrected chi connectivity index (χ2v) is 16.5. The molecule has 3 fully saturated rings. The van der Waals surface area contributed by atoms with Crippen molar-refractivity contribution in [3.05, 3.63) is 66.7 Å². The van der Waals surface area contributed by atoms with Gasteiger partial charge in [0.25, 0.3) is 5.91 Å². The van der Waals surface area contributed by atoms with Gasteiger partial charge in [-0.15, -0.1) is 0 Å². The smallest absolute Gasteiger partial charge is 0.304 e. The van der Waals surface area contributed by atoms with E-state index in [0.29, 0.717) is 60.2 Å². The molecule has 53 heavy (non-hydrogen) atoms. The van der Waals surface area contributed by atoms with Gasteiger partial charge < -0.3 is 24.8 Å². The molecule has 3 amide bonds. The van der Waals surface area contributed by atoms with E-state index in [9.17, 15) is 32.7 Å². The molecule has 0 bridgehead atoms. The summed E-state index contributed by atoms with van der Waals surface area (Å²) < 4.78 is 39.9. The number of aromatic nitrogens is 1. The Kier molecular flexibility index (Phi) is 10.2. The van der Waals surface area contributed by atoms with Crippen molar-refractivity contribution in [2.45, 2.75) is 87.1 Å². The number of carbonyl (C=O) groups is 4. The van der Waals surface area contributed by atoms with Crippen molar-refractivity contribution in [1.82, 2.24) is 19.9 Å². The molecule has 0 radical (unpaired) electrons. The molecule has 4 aliphatic rings. The van der Waals surface area contributed by atoms with Gasteiger partial charge in [-0.1, -0.05) is 55.3 Å². The minimum atomic E-state index is -3.89. The summed E-state index contributed by atoms with van der Waals surface area (Å²) in [6.45, 7) is -0.00767. The highest BCUT2D eigenvalue weighted by molar-refractivity contribution is 7.91. The Labute approximate surface area is 308 Å². The second kappa shape index (κ2) is 14.8. The average molecular weight is 745 g/mol. The number of allylic oxidation sites excluding steroid dienone is 1. The molecule has 0 spiro atoms. The topological polar surface area (TPSA) is 181 Å². The Balaban J connectivity index is 1.22. The molecule has 280 valence electrons. The molecule has 5 atom stereocenters. The molecule has 0 unspecified atom stereocenters. The quantitative estimate of drug-likeness (QED) is 0.267. The molecule has 2 aromatic carbocycles. The number of benzene rings is 2. The molecule has 7 rings (SSSR count). The van der Waals surface area contributed by atoms with Crippen molar-refractivity contribution in [3.8, 4) is 22.8 Å². The van der Waals surface area contributed by atoms with Gasteiger partial charge in [-0.3, -0.25) is 23.9 Å². The highest BCUT2D eigenvalue weighted by Crippen LogP contribution is 2.46. The van der Waals surface area contributed by atoms with E-state index in [-0.39, 0.29) is 25.8 Å². The maximum atomic E-state index is 14.3. The normalized spacial score (nSPS) is 27.0. The summed E-state index contributed by atoms with van der Waals surface area (Å²) in [5.41, 5.74) is 0.610. The highest BCUT2D eigenvalue weighted by atomic mass is 32.2. The lowest BCUT2D eigenvalue weighted by molar-refractivity contribution is -0.147. The van der Waals surface area contributed by atoms with Crippen LogP contribution < -0.4 is 19.5 Å². The Morgan fingerprint density at radius 3 is 2.58 bits per heavy atom. The van der Waals surface area contributed by atoms with E-state index in [1.807, 2.05) is 54.6 Å². The third-order valence-corrected chi connectivity index (χ3v) is 12.5. The fraction of sp³-hybridized carbons (Fsp3) is 0.462. The number of carboxylic acids is 1. The molecule has 3 aromatic rings. The molecular formula is C39H44N4O9S. The van der Waals surface area contributed by atoms with Crippen LogP contribution >= 0.6 is 0 Å². The van der Waals surface area contributed by atoms with Crippen LogP contribution in [0.25, 0.3) is 22.2 Å². The number of fused-ring (bicyclic) bond motifs is 3. The first-order chi connectivity index (χ1) is 25.5. The standard InChI is InChI=1S/C39H44N4O9S/c1-51-27-14-17-30-32(19-27)40-31(24-10-7-5-8-11-24)21-34(30)52-28-20-33-36(46)41-39(38(48)42-53(49,50)29-15-16-29)22-26(39)13-9-4-2-3-6-12-25(18-35(44)45)37(47)43(33)23-28/h5,7-11,13-14,17,19,21,25-26,28-29,33H,2-4,6,12,15-16,18,20,22-23H2,1H3,(H,41,46)(H,42,48)(H,44,45)/b13-9-/t25-,26-,28+,33-,39+/m0/s1. The van der Waals surface area contributed by atoms with Gasteiger partial charge in [0.1, 0.15) is 29.2 Å². The van der Waals surface area contributed by atoms with E-state index in [2.05, 4.69) is 10.0 Å². The predicted octanol–water partition coefficient (Wildman–Crippen LogP) is 4.35. The number of carbonyl (C=O) groups excluding carboxylic acids is 3. The number of carboxylic acid groups (broad SMARTS) is 1. The molecule has 3 heterocycles. The van der Waals surface area contributed by atoms with Gasteiger partial charge in [0.15, 0.2) is 0 Å². The molecule has 1 saturated heterocycles. The lowest BCUT2D eigenvalue weighted by Gasteiger charge is -2.29. The summed E-state index contributed by atoms with van der Waals surface area (Å²) in [4.78, 5) is 60.5. The van der Waals surface area contributed by atoms with Crippen molar-refractivity contribution in [1.29, 1.82) is 0 Å². The van der Waals surface area contributed by atoms with Crippen LogP contribution in [0, 0.1) is 11.8 Å². The number of amides is 3. The lowest BCUT2D eigenvalue weighted by Crippen LogP contribution is -2.57. The van der Waals surface area contributed by atoms with Crippen molar-refractivity contribution in [2.75, 3.05) is 13.7 Å². The molecule has 14 heteroatoms. The molecule has 2 saturated carbocycles. The first-order valence-corrected chi connectivity index (χ1v) is 19.8. The van der Waals surface area contributed by atoms with Crippen LogP contribution in [0.3, 0.4) is 0 Å². The van der Waals surface area contributed by atoms with Crippen LogP contribution in [-0.2, 0) is 29.2 Å². The van der Waals surface area contributed by atoms with Crippen molar-refractivity contribution in [2.24, 2.45) is 11.8 Å². The number of nitrogens with zero attached hydrogens (tertiary/aromatic N) is 2. The molecular weight excluding hydrogens is 701 g/mol. The summed E-state index contributed by atoms with van der Waals surface area (Å²) in [5.74, 6) is -3.21. The Bertz CT molecular complexity index is 2050. The Morgan fingerprint density at radius 2 is 1.85 bits per heavy atom. The van der Waals surface area contributed by atoms with Crippen LogP contribution in [0.15, 0.2) is 66.7 Å². The number of pyridine rings is 1. The van der Waals surface area contributed by atoms with E-state index in [1.165, 1.54) is 4.90 Å². The zero-order chi connectivity index (χ0) is 37.3. The second-order valence-electron chi connectivity index (χ2n) is 14.5. The number of nitrogens with one attached hydrogen (secondary N) is 2.